The summed E-state index contributed by atoms with van der Waals surface area (Å²) >= 11 is 17.3. The van der Waals surface area contributed by atoms with Crippen molar-refractivity contribution in [1.29, 1.82) is 0 Å². The van der Waals surface area contributed by atoms with Crippen molar-refractivity contribution in [3.8, 4) is 108 Å². The highest BCUT2D eigenvalue weighted by molar-refractivity contribution is 6.68. The quantitative estimate of drug-likeness (QED) is 0.131. The molecule has 0 heterocycles. The first-order valence-electron chi connectivity index (χ1n) is 23.1. The predicted octanol–water partition coefficient (Wildman–Crippen LogP) is 12.4. The van der Waals surface area contributed by atoms with E-state index in [1.165, 1.54) is 0 Å². The van der Waals surface area contributed by atoms with Gasteiger partial charge in [0.25, 0.3) is 15.7 Å². The summed E-state index contributed by atoms with van der Waals surface area (Å²) in [6.07, 6.45) is 22.2. The van der Waals surface area contributed by atoms with Crippen LogP contribution in [0, 0.1) is 130 Å². The van der Waals surface area contributed by atoms with Gasteiger partial charge in [0.2, 0.25) is 0 Å². The van der Waals surface area contributed by atoms with Crippen molar-refractivity contribution in [2.75, 3.05) is 0 Å². The molecule has 6 aromatic rings. The van der Waals surface area contributed by atoms with E-state index in [-0.39, 0.29) is 32.9 Å². The van der Waals surface area contributed by atoms with Crippen LogP contribution in [0.5, 0.6) is 0 Å². The van der Waals surface area contributed by atoms with Gasteiger partial charge >= 0.3 is 0 Å². The highest BCUT2D eigenvalue weighted by Gasteiger charge is 2.62. The molecule has 10 rings (SSSR count). The fraction of sp³-hybridized carbons (Fsp3) is 0.149. The first-order chi connectivity index (χ1) is 35.2. The summed E-state index contributed by atoms with van der Waals surface area (Å²) in [5.74, 6) is 49.2. The molecule has 0 radical (unpaired) electrons. The fourth-order valence-corrected chi connectivity index (χ4v) is 10.9. The zero-order valence-corrected chi connectivity index (χ0v) is 41.3. The van der Waals surface area contributed by atoms with Crippen molar-refractivity contribution >= 4 is 50.5 Å². The van der Waals surface area contributed by atoms with Crippen molar-refractivity contribution in [2.24, 2.45) is 22.2 Å². The average molecular weight is 996 g/mol. The fourth-order valence-electron chi connectivity index (χ4n) is 10.6. The van der Waals surface area contributed by atoms with Crippen LogP contribution in [0.15, 0.2) is 127 Å². The van der Waals surface area contributed by atoms with E-state index in [4.69, 9.17) is 54.1 Å². The largest absolute Gasteiger partial charge is 0.276 e. The van der Waals surface area contributed by atoms with E-state index in [0.717, 1.165) is 71.9 Å². The number of carbonyl (C=O) groups is 3. The van der Waals surface area contributed by atoms with Crippen LogP contribution in [-0.4, -0.2) is 15.7 Å². The molecule has 4 bridgehead atoms. The summed E-state index contributed by atoms with van der Waals surface area (Å²) < 4.78 is 0. The SMILES string of the molecule is C#Cc1cc(C#Cc2cccc(C#CC34CC5CC(C#Cc6cccc(C#Cc7cc(C#C)cc(C(=O)Cl)c7)c6)(C3)CC(C#Cc3cccc(C#Cc6cc(C#C)cc(C(=O)Cl)c6)c3)(C5)C4)c2)cc(C(=O)Cl)c1. The number of hydrogen-bond acceptors (Lipinski definition) is 3. The summed E-state index contributed by atoms with van der Waals surface area (Å²) in [6, 6.07) is 38.3. The lowest BCUT2D eigenvalue weighted by Crippen LogP contribution is -2.55. The minimum atomic E-state index is -0.605. The van der Waals surface area contributed by atoms with E-state index in [0.29, 0.717) is 39.3 Å². The Morgan fingerprint density at radius 3 is 0.849 bits per heavy atom. The Morgan fingerprint density at radius 1 is 0.356 bits per heavy atom. The Labute approximate surface area is 441 Å². The van der Waals surface area contributed by atoms with Gasteiger partial charge in [-0.1, -0.05) is 107 Å². The maximum Gasteiger partial charge on any atom is 0.252 e. The number of carbonyl (C=O) groups excluding carboxylic acids is 3. The molecule has 0 atom stereocenters. The minimum Gasteiger partial charge on any atom is -0.276 e. The van der Waals surface area contributed by atoms with Crippen LogP contribution in [0.4, 0.5) is 0 Å². The summed E-state index contributed by atoms with van der Waals surface area (Å²) in [6.45, 7) is 0. The van der Waals surface area contributed by atoms with Crippen molar-refractivity contribution < 1.29 is 14.4 Å². The topological polar surface area (TPSA) is 51.2 Å². The van der Waals surface area contributed by atoms with Crippen molar-refractivity contribution in [3.05, 3.63) is 211 Å². The molecule has 0 spiro atoms. The van der Waals surface area contributed by atoms with E-state index in [2.05, 4.69) is 88.8 Å². The highest BCUT2D eigenvalue weighted by Crippen LogP contribution is 2.69. The van der Waals surface area contributed by atoms with Gasteiger partial charge in [-0.25, -0.2) is 0 Å². The molecule has 3 nitrogen and oxygen atoms in total. The highest BCUT2D eigenvalue weighted by atomic mass is 35.5. The van der Waals surface area contributed by atoms with Crippen LogP contribution >= 0.6 is 34.8 Å². The number of rotatable bonds is 3. The van der Waals surface area contributed by atoms with Gasteiger partial charge in [-0.05, 0) is 188 Å². The molecule has 0 N–H and O–H groups in total. The summed E-state index contributed by atoms with van der Waals surface area (Å²) in [7, 11) is 0. The summed E-state index contributed by atoms with van der Waals surface area (Å²) in [4.78, 5) is 35.8. The molecular weight excluding hydrogens is 959 g/mol. The molecule has 0 amide bonds. The molecule has 0 aromatic heterocycles. The maximum atomic E-state index is 11.9. The average Bonchev–Trinajstić information content (AvgIpc) is 3.40. The Hall–Kier alpha value is -8.76. The second kappa shape index (κ2) is 20.9. The third-order valence-corrected chi connectivity index (χ3v) is 13.8. The molecule has 4 aliphatic rings. The predicted molar refractivity (Wildman–Crippen MR) is 290 cm³/mol. The van der Waals surface area contributed by atoms with Gasteiger partial charge in [0.05, 0.1) is 0 Å². The van der Waals surface area contributed by atoms with E-state index in [1.54, 1.807) is 54.6 Å². The first-order valence-corrected chi connectivity index (χ1v) is 24.2. The van der Waals surface area contributed by atoms with Crippen LogP contribution in [0.3, 0.4) is 0 Å². The van der Waals surface area contributed by atoms with Crippen LogP contribution in [0.25, 0.3) is 0 Å². The van der Waals surface area contributed by atoms with Gasteiger partial charge in [-0.3, -0.25) is 14.4 Å². The molecule has 6 heteroatoms. The lowest BCUT2D eigenvalue weighted by molar-refractivity contribution is -0.0837. The molecule has 344 valence electrons. The van der Waals surface area contributed by atoms with Gasteiger partial charge in [-0.15, -0.1) is 19.3 Å². The van der Waals surface area contributed by atoms with Gasteiger partial charge in [0, 0.05) is 99.7 Å². The summed E-state index contributed by atoms with van der Waals surface area (Å²) in [5, 5.41) is -1.81. The normalized spacial score (nSPS) is 19.2. The standard InChI is InChI=1S/C67H37Cl3O3/c1-4-46-28-55(37-59(34-46)62(68)71)19-16-49-10-7-13-52(31-49)22-25-65-40-58-41-66(43-65,26-23-53-14-8-11-50(32-53)17-20-56-29-47(5-2)35-60(38-56)63(69)72)45-67(42-58,44-65)27-24-54-15-9-12-51(33-54)18-21-57-30-48(6-3)36-61(39-57)64(70)73/h1-3,7-15,28-39,58H,40-45H2. The Bertz CT molecular complexity index is 3490. The van der Waals surface area contributed by atoms with Gasteiger partial charge in [0.1, 0.15) is 0 Å². The van der Waals surface area contributed by atoms with Gasteiger partial charge in [-0.2, -0.15) is 0 Å². The first kappa shape index (κ1) is 49.2. The molecule has 6 aromatic carbocycles. The van der Waals surface area contributed by atoms with Gasteiger partial charge < -0.3 is 0 Å². The van der Waals surface area contributed by atoms with Crippen LogP contribution in [-0.2, 0) is 0 Å². The minimum absolute atomic E-state index is 0.287. The zero-order chi connectivity index (χ0) is 51.2. The second-order valence-corrected chi connectivity index (χ2v) is 19.8. The van der Waals surface area contributed by atoms with Crippen molar-refractivity contribution in [3.63, 3.8) is 0 Å². The van der Waals surface area contributed by atoms with Gasteiger partial charge in [0.15, 0.2) is 0 Å². The third kappa shape index (κ3) is 11.9. The third-order valence-electron chi connectivity index (χ3n) is 13.1. The molecule has 0 unspecified atom stereocenters. The van der Waals surface area contributed by atoms with Crippen LogP contribution in [0.2, 0.25) is 0 Å². The molecule has 4 saturated carbocycles. The van der Waals surface area contributed by atoms with Crippen LogP contribution < -0.4 is 0 Å². The van der Waals surface area contributed by atoms with Crippen LogP contribution in [0.1, 0.15) is 136 Å². The Balaban J connectivity index is 1.05. The molecule has 4 fully saturated rings. The number of hydrogen-bond donors (Lipinski definition) is 0. The van der Waals surface area contributed by atoms with Crippen molar-refractivity contribution in [2.45, 2.75) is 38.5 Å². The Morgan fingerprint density at radius 2 is 0.589 bits per heavy atom. The lowest BCUT2D eigenvalue weighted by atomic mass is 9.40. The van der Waals surface area contributed by atoms with E-state index in [9.17, 15) is 14.4 Å². The van der Waals surface area contributed by atoms with E-state index >= 15 is 0 Å². The van der Waals surface area contributed by atoms with E-state index < -0.39 is 15.7 Å². The smallest absolute Gasteiger partial charge is 0.252 e. The lowest BCUT2D eigenvalue weighted by Gasteiger charge is -2.62. The number of benzene rings is 6. The van der Waals surface area contributed by atoms with E-state index in [1.807, 2.05) is 72.8 Å². The monoisotopic (exact) mass is 994 g/mol. The van der Waals surface area contributed by atoms with Crippen molar-refractivity contribution in [1.82, 2.24) is 0 Å². The molecule has 4 aliphatic carbocycles. The molecule has 0 saturated heterocycles. The second-order valence-electron chi connectivity index (χ2n) is 18.7. The summed E-state index contributed by atoms with van der Waals surface area (Å²) in [5.41, 5.74) is 7.90. The molecular formula is C67H37Cl3O3. The Kier molecular flexibility index (Phi) is 14.1. The number of terminal acetylenes is 3. The molecule has 73 heavy (non-hydrogen) atoms. The molecule has 0 aliphatic heterocycles. The zero-order valence-electron chi connectivity index (χ0n) is 39.0. The number of halogens is 3. The maximum absolute atomic E-state index is 11.9.